The Labute approximate surface area is 96.4 Å². The fourth-order valence-corrected chi connectivity index (χ4v) is 1.23. The Morgan fingerprint density at radius 3 is 2.00 bits per heavy atom. The summed E-state index contributed by atoms with van der Waals surface area (Å²) < 4.78 is 0. The molecule has 0 bridgehead atoms. The first-order valence-electron chi connectivity index (χ1n) is 5.25. The number of hydrogen-bond acceptors (Lipinski definition) is 3. The largest absolute Gasteiger partial charge is 0.481 e. The van der Waals surface area contributed by atoms with Gasteiger partial charge < -0.3 is 16.2 Å². The minimum Gasteiger partial charge on any atom is -0.481 e. The summed E-state index contributed by atoms with van der Waals surface area (Å²) >= 11 is 0. The summed E-state index contributed by atoms with van der Waals surface area (Å²) in [5.41, 5.74) is 4.64. The van der Waals surface area contributed by atoms with Crippen LogP contribution >= 0.6 is 0 Å². The summed E-state index contributed by atoms with van der Waals surface area (Å²) in [5, 5.41) is 11.3. The molecule has 0 aromatic rings. The van der Waals surface area contributed by atoms with Crippen molar-refractivity contribution in [3.8, 4) is 0 Å². The highest BCUT2D eigenvalue weighted by Crippen LogP contribution is 2.18. The van der Waals surface area contributed by atoms with Crippen LogP contribution in [0.2, 0.25) is 0 Å². The van der Waals surface area contributed by atoms with Gasteiger partial charge in [0.05, 0.1) is 12.5 Å². The van der Waals surface area contributed by atoms with Gasteiger partial charge in [-0.1, -0.05) is 20.8 Å². The maximum absolute atomic E-state index is 11.8. The first kappa shape index (κ1) is 14.9. The van der Waals surface area contributed by atoms with E-state index in [1.807, 2.05) is 20.8 Å². The lowest BCUT2D eigenvalue weighted by molar-refractivity contribution is -0.138. The van der Waals surface area contributed by atoms with Crippen molar-refractivity contribution in [2.75, 3.05) is 0 Å². The Morgan fingerprint density at radius 2 is 1.69 bits per heavy atom. The SMILES string of the molecule is CC(C)(CC(=O)O)NC(=O)C(N)C(C)(C)C. The lowest BCUT2D eigenvalue weighted by Gasteiger charge is -2.31. The van der Waals surface area contributed by atoms with Crippen LogP contribution in [0, 0.1) is 5.41 Å². The molecule has 0 rings (SSSR count). The quantitative estimate of drug-likeness (QED) is 0.663. The first-order valence-corrected chi connectivity index (χ1v) is 5.25. The summed E-state index contributed by atoms with van der Waals surface area (Å²) in [5.74, 6) is -1.27. The van der Waals surface area contributed by atoms with E-state index in [0.717, 1.165) is 0 Å². The third-order valence-electron chi connectivity index (χ3n) is 2.27. The molecule has 0 aliphatic heterocycles. The molecule has 0 heterocycles. The van der Waals surface area contributed by atoms with E-state index in [-0.39, 0.29) is 17.7 Å². The maximum atomic E-state index is 11.8. The van der Waals surface area contributed by atoms with E-state index in [1.54, 1.807) is 13.8 Å². The fraction of sp³-hybridized carbons (Fsp3) is 0.818. The highest BCUT2D eigenvalue weighted by molar-refractivity contribution is 5.83. The van der Waals surface area contributed by atoms with Crippen LogP contribution in [0.4, 0.5) is 0 Å². The smallest absolute Gasteiger partial charge is 0.305 e. The zero-order valence-electron chi connectivity index (χ0n) is 10.6. The third-order valence-corrected chi connectivity index (χ3v) is 2.27. The number of aliphatic carboxylic acids is 1. The van der Waals surface area contributed by atoms with Crippen LogP contribution in [-0.4, -0.2) is 28.6 Å². The molecule has 1 atom stereocenters. The molecule has 0 saturated carbocycles. The Hall–Kier alpha value is -1.10. The highest BCUT2D eigenvalue weighted by atomic mass is 16.4. The molecule has 5 heteroatoms. The molecule has 0 saturated heterocycles. The number of carboxylic acid groups (broad SMARTS) is 1. The van der Waals surface area contributed by atoms with Crippen LogP contribution in [0.3, 0.4) is 0 Å². The Bertz CT molecular complexity index is 279. The van der Waals surface area contributed by atoms with Crippen molar-refractivity contribution in [1.29, 1.82) is 0 Å². The van der Waals surface area contributed by atoms with E-state index in [0.29, 0.717) is 0 Å². The topological polar surface area (TPSA) is 92.4 Å². The van der Waals surface area contributed by atoms with Crippen molar-refractivity contribution in [3.05, 3.63) is 0 Å². The van der Waals surface area contributed by atoms with Crippen LogP contribution in [0.25, 0.3) is 0 Å². The van der Waals surface area contributed by atoms with E-state index in [1.165, 1.54) is 0 Å². The zero-order chi connectivity index (χ0) is 13.1. The second kappa shape index (κ2) is 4.82. The van der Waals surface area contributed by atoms with Crippen LogP contribution < -0.4 is 11.1 Å². The van der Waals surface area contributed by atoms with Crippen LogP contribution in [0.15, 0.2) is 0 Å². The molecule has 0 radical (unpaired) electrons. The minimum absolute atomic E-state index is 0.129. The van der Waals surface area contributed by atoms with Gasteiger partial charge in [0.2, 0.25) is 5.91 Å². The average molecular weight is 230 g/mol. The molecule has 0 spiro atoms. The van der Waals surface area contributed by atoms with Gasteiger partial charge in [0, 0.05) is 5.54 Å². The van der Waals surface area contributed by atoms with Crippen molar-refractivity contribution < 1.29 is 14.7 Å². The fourth-order valence-electron chi connectivity index (χ4n) is 1.23. The van der Waals surface area contributed by atoms with Gasteiger partial charge in [-0.3, -0.25) is 9.59 Å². The molecule has 1 unspecified atom stereocenters. The van der Waals surface area contributed by atoms with Crippen LogP contribution in [0.5, 0.6) is 0 Å². The molecule has 0 aromatic heterocycles. The molecule has 16 heavy (non-hydrogen) atoms. The summed E-state index contributed by atoms with van der Waals surface area (Å²) in [6, 6.07) is -0.652. The van der Waals surface area contributed by atoms with Gasteiger partial charge in [0.25, 0.3) is 0 Å². The number of amides is 1. The van der Waals surface area contributed by atoms with E-state index in [9.17, 15) is 9.59 Å². The maximum Gasteiger partial charge on any atom is 0.305 e. The van der Waals surface area contributed by atoms with E-state index in [4.69, 9.17) is 10.8 Å². The van der Waals surface area contributed by atoms with Crippen molar-refractivity contribution in [2.24, 2.45) is 11.1 Å². The summed E-state index contributed by atoms with van der Waals surface area (Å²) in [4.78, 5) is 22.3. The van der Waals surface area contributed by atoms with Gasteiger partial charge in [0.1, 0.15) is 0 Å². The van der Waals surface area contributed by atoms with Gasteiger partial charge in [-0.2, -0.15) is 0 Å². The molecule has 0 aliphatic carbocycles. The molecule has 5 nitrogen and oxygen atoms in total. The van der Waals surface area contributed by atoms with E-state index >= 15 is 0 Å². The lowest BCUT2D eigenvalue weighted by atomic mass is 9.86. The number of carboxylic acids is 1. The molecule has 0 fully saturated rings. The molecular formula is C11H22N2O3. The zero-order valence-corrected chi connectivity index (χ0v) is 10.6. The third kappa shape index (κ3) is 5.11. The van der Waals surface area contributed by atoms with E-state index in [2.05, 4.69) is 5.32 Å². The number of nitrogens with one attached hydrogen (secondary N) is 1. The standard InChI is InChI=1S/C11H22N2O3/c1-10(2,3)8(12)9(16)13-11(4,5)6-7(14)15/h8H,6,12H2,1-5H3,(H,13,16)(H,14,15). The van der Waals surface area contributed by atoms with Gasteiger partial charge in [-0.05, 0) is 19.3 Å². The Morgan fingerprint density at radius 1 is 1.25 bits per heavy atom. The number of nitrogens with two attached hydrogens (primary N) is 1. The van der Waals surface area contributed by atoms with Crippen LogP contribution in [-0.2, 0) is 9.59 Å². The summed E-state index contributed by atoms with van der Waals surface area (Å²) in [6.07, 6.45) is -0.129. The molecule has 0 aliphatic rings. The number of rotatable bonds is 4. The van der Waals surface area contributed by atoms with Crippen molar-refractivity contribution in [1.82, 2.24) is 5.32 Å². The predicted molar refractivity (Wildman–Crippen MR) is 61.9 cm³/mol. The Kier molecular flexibility index (Phi) is 4.49. The molecule has 1 amide bonds. The summed E-state index contributed by atoms with van der Waals surface area (Å²) in [6.45, 7) is 8.91. The second-order valence-electron chi connectivity index (χ2n) is 5.79. The van der Waals surface area contributed by atoms with Gasteiger partial charge in [-0.25, -0.2) is 0 Å². The number of carbonyl (C=O) groups excluding carboxylic acids is 1. The average Bonchev–Trinajstić information content (AvgIpc) is 1.97. The predicted octanol–water partition coefficient (Wildman–Crippen LogP) is 0.729. The van der Waals surface area contributed by atoms with Gasteiger partial charge in [-0.15, -0.1) is 0 Å². The van der Waals surface area contributed by atoms with Gasteiger partial charge >= 0.3 is 5.97 Å². The van der Waals surface area contributed by atoms with Crippen molar-refractivity contribution >= 4 is 11.9 Å². The molecule has 4 N–H and O–H groups in total. The molecule has 0 aromatic carbocycles. The van der Waals surface area contributed by atoms with Crippen molar-refractivity contribution in [2.45, 2.75) is 52.6 Å². The Balaban J connectivity index is 4.50. The highest BCUT2D eigenvalue weighted by Gasteiger charge is 2.32. The van der Waals surface area contributed by atoms with Gasteiger partial charge in [0.15, 0.2) is 0 Å². The normalized spacial score (nSPS) is 14.4. The minimum atomic E-state index is -0.949. The van der Waals surface area contributed by atoms with Crippen LogP contribution in [0.1, 0.15) is 41.0 Å². The lowest BCUT2D eigenvalue weighted by Crippen LogP contribution is -2.55. The monoisotopic (exact) mass is 230 g/mol. The van der Waals surface area contributed by atoms with E-state index < -0.39 is 17.6 Å². The number of carbonyl (C=O) groups is 2. The summed E-state index contributed by atoms with van der Waals surface area (Å²) in [7, 11) is 0. The second-order valence-corrected chi connectivity index (χ2v) is 5.79. The molecular weight excluding hydrogens is 208 g/mol. The number of hydrogen-bond donors (Lipinski definition) is 3. The first-order chi connectivity index (χ1) is 6.96. The van der Waals surface area contributed by atoms with Crippen molar-refractivity contribution in [3.63, 3.8) is 0 Å². The molecule has 94 valence electrons.